The highest BCUT2D eigenvalue weighted by Crippen LogP contribution is 2.32. The first-order chi connectivity index (χ1) is 9.36. The number of anilines is 2. The Kier molecular flexibility index (Phi) is 6.10. The van der Waals surface area contributed by atoms with Crippen LogP contribution >= 0.6 is 11.6 Å². The van der Waals surface area contributed by atoms with Crippen LogP contribution in [-0.2, 0) is 4.74 Å². The van der Waals surface area contributed by atoms with Crippen LogP contribution in [0.5, 0.6) is 0 Å². The summed E-state index contributed by atoms with van der Waals surface area (Å²) in [7, 11) is 7.29. The van der Waals surface area contributed by atoms with E-state index >= 15 is 0 Å². The number of halogens is 1. The average Bonchev–Trinajstić information content (AvgIpc) is 2.36. The molecule has 1 aromatic rings. The standard InChI is InChI=1S/C14H22ClN3O2/c1-17(2)6-5-7-18(3)13-11(14(19)20-4)8-10(16)9-12(13)15/h8-9H,5-7,16H2,1-4H3. The Morgan fingerprint density at radius 2 is 1.95 bits per heavy atom. The summed E-state index contributed by atoms with van der Waals surface area (Å²) in [6, 6.07) is 3.24. The van der Waals surface area contributed by atoms with Gasteiger partial charge in [-0.1, -0.05) is 11.6 Å². The van der Waals surface area contributed by atoms with E-state index in [0.29, 0.717) is 22.0 Å². The molecule has 0 saturated heterocycles. The molecule has 0 amide bonds. The number of nitrogens with zero attached hydrogens (tertiary/aromatic N) is 2. The van der Waals surface area contributed by atoms with Gasteiger partial charge in [0.25, 0.3) is 0 Å². The van der Waals surface area contributed by atoms with E-state index in [1.807, 2.05) is 26.0 Å². The lowest BCUT2D eigenvalue weighted by atomic mass is 10.1. The Labute approximate surface area is 125 Å². The number of nitrogen functional groups attached to an aromatic ring is 1. The van der Waals surface area contributed by atoms with Crippen LogP contribution < -0.4 is 10.6 Å². The number of carbonyl (C=O) groups is 1. The van der Waals surface area contributed by atoms with Gasteiger partial charge in [0.1, 0.15) is 0 Å². The maximum Gasteiger partial charge on any atom is 0.340 e. The number of nitrogens with two attached hydrogens (primary N) is 1. The Morgan fingerprint density at radius 1 is 1.30 bits per heavy atom. The maximum atomic E-state index is 11.9. The molecule has 0 radical (unpaired) electrons. The third-order valence-corrected chi connectivity index (χ3v) is 3.26. The Balaban J connectivity index is 2.99. The highest BCUT2D eigenvalue weighted by atomic mass is 35.5. The summed E-state index contributed by atoms with van der Waals surface area (Å²) in [5.74, 6) is -0.436. The van der Waals surface area contributed by atoms with Crippen molar-refractivity contribution in [1.29, 1.82) is 0 Å². The van der Waals surface area contributed by atoms with Crippen molar-refractivity contribution in [3.8, 4) is 0 Å². The molecule has 0 aliphatic carbocycles. The lowest BCUT2D eigenvalue weighted by Crippen LogP contribution is -2.25. The van der Waals surface area contributed by atoms with Gasteiger partial charge in [-0.15, -0.1) is 0 Å². The molecule has 0 spiro atoms. The molecule has 0 fully saturated rings. The molecule has 0 atom stereocenters. The lowest BCUT2D eigenvalue weighted by Gasteiger charge is -2.24. The van der Waals surface area contributed by atoms with Gasteiger partial charge in [0.15, 0.2) is 0 Å². The van der Waals surface area contributed by atoms with Gasteiger partial charge in [-0.3, -0.25) is 0 Å². The summed E-state index contributed by atoms with van der Waals surface area (Å²) in [5.41, 5.74) is 7.24. The molecule has 0 aliphatic heterocycles. The molecule has 0 saturated carbocycles. The number of esters is 1. The monoisotopic (exact) mass is 299 g/mol. The van der Waals surface area contributed by atoms with Crippen molar-refractivity contribution in [3.63, 3.8) is 0 Å². The number of benzene rings is 1. The van der Waals surface area contributed by atoms with Crippen molar-refractivity contribution in [2.45, 2.75) is 6.42 Å². The summed E-state index contributed by atoms with van der Waals surface area (Å²) < 4.78 is 4.79. The fraction of sp³-hybridized carbons (Fsp3) is 0.500. The fourth-order valence-electron chi connectivity index (χ4n) is 2.01. The van der Waals surface area contributed by atoms with Crippen LogP contribution in [0.25, 0.3) is 0 Å². The zero-order valence-corrected chi connectivity index (χ0v) is 13.2. The van der Waals surface area contributed by atoms with Crippen LogP contribution in [0.3, 0.4) is 0 Å². The predicted octanol–water partition coefficient (Wildman–Crippen LogP) is 2.10. The molecule has 0 aliphatic rings. The second-order valence-electron chi connectivity index (χ2n) is 4.97. The normalized spacial score (nSPS) is 10.7. The first-order valence-corrected chi connectivity index (χ1v) is 6.77. The zero-order valence-electron chi connectivity index (χ0n) is 12.4. The summed E-state index contributed by atoms with van der Waals surface area (Å²) in [6.45, 7) is 1.75. The molecule has 0 bridgehead atoms. The first-order valence-electron chi connectivity index (χ1n) is 6.40. The molecule has 0 unspecified atom stereocenters. The predicted molar refractivity (Wildman–Crippen MR) is 83.6 cm³/mol. The minimum absolute atomic E-state index is 0.393. The van der Waals surface area contributed by atoms with Crippen LogP contribution in [-0.4, -0.2) is 52.2 Å². The van der Waals surface area contributed by atoms with E-state index in [2.05, 4.69) is 4.90 Å². The van der Waals surface area contributed by atoms with E-state index in [-0.39, 0.29) is 0 Å². The molecule has 2 N–H and O–H groups in total. The molecule has 1 aromatic carbocycles. The van der Waals surface area contributed by atoms with Gasteiger partial charge in [-0.05, 0) is 39.2 Å². The van der Waals surface area contributed by atoms with E-state index in [4.69, 9.17) is 22.1 Å². The first kappa shape index (κ1) is 16.6. The quantitative estimate of drug-likeness (QED) is 0.644. The summed E-state index contributed by atoms with van der Waals surface area (Å²) in [6.07, 6.45) is 0.963. The third kappa shape index (κ3) is 4.28. The van der Waals surface area contributed by atoms with Crippen molar-refractivity contribution in [2.24, 2.45) is 0 Å². The minimum Gasteiger partial charge on any atom is -0.465 e. The van der Waals surface area contributed by atoms with Gasteiger partial charge in [-0.2, -0.15) is 0 Å². The van der Waals surface area contributed by atoms with Gasteiger partial charge in [0.2, 0.25) is 0 Å². The molecule has 0 heterocycles. The van der Waals surface area contributed by atoms with E-state index < -0.39 is 5.97 Å². The second kappa shape index (κ2) is 7.36. The zero-order chi connectivity index (χ0) is 15.3. The summed E-state index contributed by atoms with van der Waals surface area (Å²) in [4.78, 5) is 15.9. The molecule has 112 valence electrons. The van der Waals surface area contributed by atoms with Gasteiger partial charge < -0.3 is 20.3 Å². The van der Waals surface area contributed by atoms with Gasteiger partial charge in [-0.25, -0.2) is 4.79 Å². The smallest absolute Gasteiger partial charge is 0.340 e. The van der Waals surface area contributed by atoms with Crippen molar-refractivity contribution < 1.29 is 9.53 Å². The van der Waals surface area contributed by atoms with Crippen LogP contribution in [0.2, 0.25) is 5.02 Å². The molecule has 1 rings (SSSR count). The van der Waals surface area contributed by atoms with Crippen molar-refractivity contribution >= 4 is 28.9 Å². The number of rotatable bonds is 6. The second-order valence-corrected chi connectivity index (χ2v) is 5.38. The Morgan fingerprint density at radius 3 is 2.50 bits per heavy atom. The van der Waals surface area contributed by atoms with Gasteiger partial charge in [0.05, 0.1) is 23.4 Å². The van der Waals surface area contributed by atoms with E-state index in [0.717, 1.165) is 19.5 Å². The van der Waals surface area contributed by atoms with E-state index in [1.165, 1.54) is 7.11 Å². The van der Waals surface area contributed by atoms with E-state index in [9.17, 15) is 4.79 Å². The molecule has 20 heavy (non-hydrogen) atoms. The lowest BCUT2D eigenvalue weighted by molar-refractivity contribution is 0.0601. The van der Waals surface area contributed by atoms with Crippen LogP contribution in [0.4, 0.5) is 11.4 Å². The molecular formula is C14H22ClN3O2. The Bertz CT molecular complexity index is 478. The average molecular weight is 300 g/mol. The minimum atomic E-state index is -0.436. The molecular weight excluding hydrogens is 278 g/mol. The molecule has 0 aromatic heterocycles. The highest BCUT2D eigenvalue weighted by molar-refractivity contribution is 6.34. The number of methoxy groups -OCH3 is 1. The van der Waals surface area contributed by atoms with E-state index in [1.54, 1.807) is 12.1 Å². The topological polar surface area (TPSA) is 58.8 Å². The number of carbonyl (C=O) groups excluding carboxylic acids is 1. The highest BCUT2D eigenvalue weighted by Gasteiger charge is 2.19. The summed E-state index contributed by atoms with van der Waals surface area (Å²) in [5, 5.41) is 0.456. The fourth-order valence-corrected chi connectivity index (χ4v) is 2.38. The summed E-state index contributed by atoms with van der Waals surface area (Å²) >= 11 is 6.23. The maximum absolute atomic E-state index is 11.9. The number of hydrogen-bond acceptors (Lipinski definition) is 5. The Hall–Kier alpha value is -1.46. The van der Waals surface area contributed by atoms with Crippen LogP contribution in [0, 0.1) is 0 Å². The van der Waals surface area contributed by atoms with Crippen LogP contribution in [0.1, 0.15) is 16.8 Å². The van der Waals surface area contributed by atoms with Crippen LogP contribution in [0.15, 0.2) is 12.1 Å². The van der Waals surface area contributed by atoms with Crippen molar-refractivity contribution in [3.05, 3.63) is 22.7 Å². The van der Waals surface area contributed by atoms with Crippen molar-refractivity contribution in [2.75, 3.05) is 52.0 Å². The van der Waals surface area contributed by atoms with Gasteiger partial charge >= 0.3 is 5.97 Å². The largest absolute Gasteiger partial charge is 0.465 e. The number of ether oxygens (including phenoxy) is 1. The SMILES string of the molecule is COC(=O)c1cc(N)cc(Cl)c1N(C)CCCN(C)C. The third-order valence-electron chi connectivity index (χ3n) is 2.97. The van der Waals surface area contributed by atoms with Crippen molar-refractivity contribution in [1.82, 2.24) is 4.90 Å². The molecule has 6 heteroatoms. The number of hydrogen-bond donors (Lipinski definition) is 1. The molecule has 5 nitrogen and oxygen atoms in total. The van der Waals surface area contributed by atoms with Gasteiger partial charge in [0, 0.05) is 19.3 Å².